The summed E-state index contributed by atoms with van der Waals surface area (Å²) in [7, 11) is 10.8. The minimum absolute atomic E-state index is 0.0102. The Morgan fingerprint density at radius 3 is 1.41 bits per heavy atom. The molecule has 12 aromatic rings. The zero-order chi connectivity index (χ0) is 78.3. The number of nitrogens with zero attached hydrogens (tertiary/aromatic N) is 8. The van der Waals surface area contributed by atoms with E-state index in [4.69, 9.17) is 0 Å². The molecule has 0 unspecified atom stereocenters. The zero-order valence-corrected chi connectivity index (χ0v) is 64.7. The molecule has 111 heavy (non-hydrogen) atoms. The van der Waals surface area contributed by atoms with Crippen LogP contribution in [0, 0.1) is 27.7 Å². The van der Waals surface area contributed by atoms with E-state index in [1.807, 2.05) is 152 Å². The zero-order valence-electron chi connectivity index (χ0n) is 64.7. The van der Waals surface area contributed by atoms with Crippen LogP contribution >= 0.6 is 0 Å². The summed E-state index contributed by atoms with van der Waals surface area (Å²) in [6.45, 7) is 7.97. The second kappa shape index (κ2) is 33.4. The normalized spacial score (nSPS) is 13.4. The number of aryl methyl sites for hydroxylation is 11. The predicted molar refractivity (Wildman–Crippen MR) is 443 cm³/mol. The van der Waals surface area contributed by atoms with Gasteiger partial charge < -0.3 is 38.7 Å². The van der Waals surface area contributed by atoms with Crippen LogP contribution < -0.4 is 42.7 Å². The highest BCUT2D eigenvalue weighted by atomic mass is 16.2. The van der Waals surface area contributed by atoms with Crippen molar-refractivity contribution in [2.24, 2.45) is 28.2 Å². The number of ketones is 2. The van der Waals surface area contributed by atoms with Crippen LogP contribution in [-0.4, -0.2) is 65.7 Å². The molecule has 2 N–H and O–H groups in total. The highest BCUT2D eigenvalue weighted by molar-refractivity contribution is 5.98. The Kier molecular flexibility index (Phi) is 23.0. The van der Waals surface area contributed by atoms with E-state index >= 15 is 0 Å². The van der Waals surface area contributed by atoms with Crippen LogP contribution in [0.5, 0.6) is 0 Å². The number of anilines is 5. The van der Waals surface area contributed by atoms with Crippen molar-refractivity contribution in [3.63, 3.8) is 0 Å². The standard InChI is InChI=1S/2C24H24N2O2.C23H23N3O2.C22H21N3O2/c1-16-13-18(15-25(2)24(16)28)19-9-11-22-20(10-12-23(27)26(22)3)21(19)14-17-7-5-4-6-8-17;1-16-11-20(15-25(2)24(16)28)21-13-18-9-10-23(27)26(3)22(18)14-19(21)12-17-7-5-4-6-8-17;1-15-9-18(14-26(2)23(15)28)17-10-16-6-7-20(27)12-21(16)22(11-17)25-13-19-5-3-4-8-24-19;1-14-8-17(13-25(2)22(14)27)16-9-15-5-6-19(26)11-20(15)21(10-16)24-18-4-3-7-23-12-18/h4-9,11,13,15H,10,12,14H2,1-3H3;4-8,11,13-15H,9-10,12H2,1-3H3;3-5,8-11,14,25H,6-7,12-13H2,1-2H3;3-4,7-10,12-13,24H,5-6,11H2,1-2H3. The van der Waals surface area contributed by atoms with Gasteiger partial charge in [0, 0.05) is 163 Å². The Hall–Kier alpha value is -12.7. The van der Waals surface area contributed by atoms with Gasteiger partial charge in [-0.3, -0.25) is 48.3 Å². The third-order valence-corrected chi connectivity index (χ3v) is 21.5. The van der Waals surface area contributed by atoms with Gasteiger partial charge in [-0.25, -0.2) is 0 Å². The van der Waals surface area contributed by atoms with Crippen molar-refractivity contribution >= 4 is 51.8 Å². The van der Waals surface area contributed by atoms with Gasteiger partial charge in [0.25, 0.3) is 22.2 Å². The van der Waals surface area contributed by atoms with E-state index in [0.29, 0.717) is 50.6 Å². The Morgan fingerprint density at radius 1 is 0.387 bits per heavy atom. The first-order valence-corrected chi connectivity index (χ1v) is 37.7. The van der Waals surface area contributed by atoms with Crippen molar-refractivity contribution in [2.45, 2.75) is 111 Å². The van der Waals surface area contributed by atoms with Crippen LogP contribution in [0.2, 0.25) is 0 Å². The molecule has 6 aromatic carbocycles. The molecule has 0 bridgehead atoms. The van der Waals surface area contributed by atoms with Crippen molar-refractivity contribution < 1.29 is 19.2 Å². The summed E-state index contributed by atoms with van der Waals surface area (Å²) in [6, 6.07) is 55.1. The van der Waals surface area contributed by atoms with Crippen molar-refractivity contribution in [3.05, 3.63) is 332 Å². The third kappa shape index (κ3) is 17.4. The van der Waals surface area contributed by atoms with Crippen molar-refractivity contribution in [2.75, 3.05) is 34.5 Å². The number of nitrogens with one attached hydrogen (secondary N) is 2. The summed E-state index contributed by atoms with van der Waals surface area (Å²) < 4.78 is 6.52. The molecule has 0 saturated carbocycles. The second-order valence-corrected chi connectivity index (χ2v) is 29.6. The fourth-order valence-electron chi connectivity index (χ4n) is 15.5. The minimum Gasteiger partial charge on any atom is -0.379 e. The molecule has 2 aliphatic heterocycles. The van der Waals surface area contributed by atoms with Gasteiger partial charge in [-0.1, -0.05) is 84.9 Å². The van der Waals surface area contributed by atoms with Gasteiger partial charge in [0.2, 0.25) is 11.8 Å². The quantitative estimate of drug-likeness (QED) is 0.110. The summed E-state index contributed by atoms with van der Waals surface area (Å²) in [6.07, 6.45) is 20.5. The lowest BCUT2D eigenvalue weighted by Gasteiger charge is -2.29. The smallest absolute Gasteiger partial charge is 0.253 e. The molecule has 6 aromatic heterocycles. The average Bonchev–Trinajstić information content (AvgIpc) is 0.778. The van der Waals surface area contributed by atoms with E-state index in [1.165, 1.54) is 38.9 Å². The van der Waals surface area contributed by atoms with E-state index in [2.05, 4.69) is 99.5 Å². The number of rotatable bonds is 13. The summed E-state index contributed by atoms with van der Waals surface area (Å²) >= 11 is 0. The van der Waals surface area contributed by atoms with E-state index < -0.39 is 0 Å². The summed E-state index contributed by atoms with van der Waals surface area (Å²) in [5.74, 6) is 0.856. The first-order chi connectivity index (χ1) is 53.4. The van der Waals surface area contributed by atoms with Gasteiger partial charge in [0.15, 0.2) is 0 Å². The first kappa shape index (κ1) is 76.5. The fraction of sp³-hybridized carbons (Fsp3) is 0.247. The second-order valence-electron chi connectivity index (χ2n) is 29.6. The molecule has 0 radical (unpaired) electrons. The minimum atomic E-state index is 0.0102. The van der Waals surface area contributed by atoms with Crippen LogP contribution in [0.3, 0.4) is 0 Å². The van der Waals surface area contributed by atoms with Crippen molar-refractivity contribution in [3.8, 4) is 44.5 Å². The van der Waals surface area contributed by atoms with Crippen LogP contribution in [0.15, 0.2) is 226 Å². The van der Waals surface area contributed by atoms with Gasteiger partial charge in [-0.15, -0.1) is 0 Å². The van der Waals surface area contributed by atoms with Gasteiger partial charge in [0.05, 0.1) is 24.1 Å². The van der Waals surface area contributed by atoms with Crippen LogP contribution in [0.4, 0.5) is 28.4 Å². The summed E-state index contributed by atoms with van der Waals surface area (Å²) in [5.41, 5.74) is 28.9. The van der Waals surface area contributed by atoms with Crippen molar-refractivity contribution in [1.82, 2.24) is 28.2 Å². The molecular weight excluding hydrogens is 1390 g/mol. The fourth-order valence-corrected chi connectivity index (χ4v) is 15.5. The number of fused-ring (bicyclic) bond motifs is 4. The Balaban J connectivity index is 0.000000130. The van der Waals surface area contributed by atoms with E-state index in [1.54, 1.807) is 74.8 Å². The molecular formula is C93H92N10O8. The molecule has 0 atom stereocenters. The average molecular weight is 1480 g/mol. The molecule has 562 valence electrons. The van der Waals surface area contributed by atoms with Crippen LogP contribution in [-0.2, 0) is 105 Å². The molecule has 2 aliphatic carbocycles. The Morgan fingerprint density at radius 2 is 0.874 bits per heavy atom. The lowest BCUT2D eigenvalue weighted by atomic mass is 9.86. The largest absolute Gasteiger partial charge is 0.379 e. The number of hydrogen-bond donors (Lipinski definition) is 2. The lowest BCUT2D eigenvalue weighted by Crippen LogP contribution is -2.31. The highest BCUT2D eigenvalue weighted by Gasteiger charge is 2.28. The molecule has 8 heterocycles. The molecule has 16 rings (SSSR count). The maximum atomic E-state index is 12.2. The molecule has 18 heteroatoms. The number of benzene rings is 6. The summed E-state index contributed by atoms with van der Waals surface area (Å²) in [4.78, 5) is 109. The van der Waals surface area contributed by atoms with Crippen molar-refractivity contribution in [1.29, 1.82) is 0 Å². The molecule has 4 aliphatic rings. The number of aromatic nitrogens is 6. The predicted octanol–water partition coefficient (Wildman–Crippen LogP) is 14.7. The van der Waals surface area contributed by atoms with Gasteiger partial charge >= 0.3 is 0 Å². The van der Waals surface area contributed by atoms with E-state index in [9.17, 15) is 38.4 Å². The number of Topliss-reactive ketones (excluding diaryl/α,β-unsaturated/α-hetero) is 2. The third-order valence-electron chi connectivity index (χ3n) is 21.5. The van der Waals surface area contributed by atoms with Crippen LogP contribution in [0.1, 0.15) is 109 Å². The number of hydrogen-bond acceptors (Lipinski definition) is 12. The molecule has 0 spiro atoms. The maximum absolute atomic E-state index is 12.2. The topological polar surface area (TPSA) is 213 Å². The van der Waals surface area contributed by atoms with Gasteiger partial charge in [0.1, 0.15) is 11.6 Å². The SMILES string of the molecule is Cc1cc(-c2cc3c(c(NCc4ccccn4)c2)CC(=O)CC3)cn(C)c1=O.Cc1cc(-c2cc3c(c(Nc4cccnc4)c2)CC(=O)CC3)cn(C)c1=O.Cc1cc(-c2cc3c(cc2Cc2ccccc2)N(C)C(=O)CC3)cn(C)c1=O.Cc1cc(-c2ccc3c(c2Cc2ccccc2)CCC(=O)N3C)cn(C)c1=O. The molecule has 18 nitrogen and oxygen atoms in total. The lowest BCUT2D eigenvalue weighted by molar-refractivity contribution is -0.119. The summed E-state index contributed by atoms with van der Waals surface area (Å²) in [5, 5.41) is 6.90. The van der Waals surface area contributed by atoms with Crippen LogP contribution in [0.25, 0.3) is 44.5 Å². The molecule has 2 amide bonds. The molecule has 0 fully saturated rings. The number of amides is 2. The Labute approximate surface area is 646 Å². The van der Waals surface area contributed by atoms with Gasteiger partial charge in [-0.05, 0) is 245 Å². The number of pyridine rings is 6. The van der Waals surface area contributed by atoms with Gasteiger partial charge in [-0.2, -0.15) is 0 Å². The molecule has 0 saturated heterocycles. The highest BCUT2D eigenvalue weighted by Crippen LogP contribution is 2.41. The Bertz CT molecular complexity index is 5660. The van der Waals surface area contributed by atoms with E-state index in [-0.39, 0.29) is 45.6 Å². The van der Waals surface area contributed by atoms with E-state index in [0.717, 1.165) is 151 Å². The first-order valence-electron chi connectivity index (χ1n) is 37.7. The number of carbonyl (C=O) groups excluding carboxylic acids is 4. The number of carbonyl (C=O) groups is 4. The monoisotopic (exact) mass is 1480 g/mol. The maximum Gasteiger partial charge on any atom is 0.253 e.